The summed E-state index contributed by atoms with van der Waals surface area (Å²) in [7, 11) is 1.78. The number of likely N-dealkylation sites (N-methyl/N-ethyl adjacent to an activating group) is 1. The topological polar surface area (TPSA) is 111 Å². The highest BCUT2D eigenvalue weighted by molar-refractivity contribution is 9.10. The lowest BCUT2D eigenvalue weighted by atomic mass is 10.2. The fourth-order valence-corrected chi connectivity index (χ4v) is 2.03. The number of nitro benzene ring substituents is 1. The normalized spacial score (nSPS) is 10.3. The molecule has 0 amide bonds. The second-order valence-corrected chi connectivity index (χ2v) is 5.16. The van der Waals surface area contributed by atoms with Crippen molar-refractivity contribution in [2.45, 2.75) is 12.8 Å². The molecule has 1 rings (SSSR count). The van der Waals surface area contributed by atoms with Gasteiger partial charge < -0.3 is 19.9 Å². The number of nitrogens with zero attached hydrogens (tertiary/aromatic N) is 1. The average molecular weight is 377 g/mol. The van der Waals surface area contributed by atoms with Gasteiger partial charge in [-0.3, -0.25) is 14.9 Å². The molecule has 0 aliphatic rings. The van der Waals surface area contributed by atoms with E-state index in [1.54, 1.807) is 7.05 Å². The summed E-state index contributed by atoms with van der Waals surface area (Å²) in [5.41, 5.74) is -0.144. The molecule has 0 atom stereocenters. The lowest BCUT2D eigenvalue weighted by Gasteiger charge is -2.13. The van der Waals surface area contributed by atoms with Crippen molar-refractivity contribution < 1.29 is 24.3 Å². The molecular weight excluding hydrogens is 360 g/mol. The summed E-state index contributed by atoms with van der Waals surface area (Å²) in [5.74, 6) is -0.338. The maximum atomic E-state index is 11.0. The predicted octanol–water partition coefficient (Wildman–Crippen LogP) is 2.20. The fraction of sp³-hybridized carbons (Fsp3) is 0.462. The maximum absolute atomic E-state index is 11.0. The molecule has 1 aromatic carbocycles. The van der Waals surface area contributed by atoms with Crippen molar-refractivity contribution in [3.63, 3.8) is 0 Å². The Morgan fingerprint density at radius 1 is 1.36 bits per heavy atom. The van der Waals surface area contributed by atoms with Crippen molar-refractivity contribution in [1.29, 1.82) is 0 Å². The Labute approximate surface area is 135 Å². The summed E-state index contributed by atoms with van der Waals surface area (Å²) in [6, 6.07) is 2.74. The molecule has 8 nitrogen and oxygen atoms in total. The zero-order valence-corrected chi connectivity index (χ0v) is 13.6. The molecule has 2 N–H and O–H groups in total. The van der Waals surface area contributed by atoms with E-state index in [1.807, 2.05) is 0 Å². The minimum absolute atomic E-state index is 0.0332. The minimum Gasteiger partial charge on any atom is -0.489 e. The van der Waals surface area contributed by atoms with Gasteiger partial charge in [-0.25, -0.2) is 0 Å². The van der Waals surface area contributed by atoms with Gasteiger partial charge in [0.2, 0.25) is 0 Å². The summed E-state index contributed by atoms with van der Waals surface area (Å²) >= 11 is 3.12. The molecule has 122 valence electrons. The number of nitrogens with one attached hydrogen (secondary N) is 1. The molecule has 0 saturated carbocycles. The molecule has 1 aromatic rings. The third-order valence-corrected chi connectivity index (χ3v) is 3.25. The molecule has 9 heteroatoms. The van der Waals surface area contributed by atoms with Crippen molar-refractivity contribution in [2.24, 2.45) is 0 Å². The van der Waals surface area contributed by atoms with E-state index >= 15 is 0 Å². The van der Waals surface area contributed by atoms with Crippen LogP contribution >= 0.6 is 15.9 Å². The van der Waals surface area contributed by atoms with Crippen LogP contribution in [0.2, 0.25) is 0 Å². The van der Waals surface area contributed by atoms with Gasteiger partial charge in [0.15, 0.2) is 11.5 Å². The SMILES string of the molecule is CNCCOc1cc(Br)c([N+](=O)[O-])cc1OCCCC(=O)O. The molecule has 0 saturated heterocycles. The van der Waals surface area contributed by atoms with Crippen LogP contribution in [0.25, 0.3) is 0 Å². The van der Waals surface area contributed by atoms with Gasteiger partial charge in [-0.05, 0) is 29.4 Å². The van der Waals surface area contributed by atoms with Gasteiger partial charge in [-0.1, -0.05) is 0 Å². The summed E-state index contributed by atoms with van der Waals surface area (Å²) in [5, 5.41) is 22.5. The van der Waals surface area contributed by atoms with E-state index in [9.17, 15) is 14.9 Å². The zero-order chi connectivity index (χ0) is 16.5. The second-order valence-electron chi connectivity index (χ2n) is 4.31. The Kier molecular flexibility index (Phi) is 7.61. The van der Waals surface area contributed by atoms with Gasteiger partial charge >= 0.3 is 5.97 Å². The summed E-state index contributed by atoms with van der Waals surface area (Å²) < 4.78 is 11.2. The van der Waals surface area contributed by atoms with Crippen LogP contribution in [0.5, 0.6) is 11.5 Å². The van der Waals surface area contributed by atoms with Gasteiger partial charge in [0, 0.05) is 19.0 Å². The van der Waals surface area contributed by atoms with E-state index in [0.29, 0.717) is 25.3 Å². The molecule has 0 radical (unpaired) electrons. The number of carboxylic acids is 1. The van der Waals surface area contributed by atoms with Crippen LogP contribution in [0.3, 0.4) is 0 Å². The smallest absolute Gasteiger partial charge is 0.303 e. The van der Waals surface area contributed by atoms with E-state index in [-0.39, 0.29) is 28.9 Å². The monoisotopic (exact) mass is 376 g/mol. The summed E-state index contributed by atoms with van der Waals surface area (Å²) in [4.78, 5) is 20.9. The number of rotatable bonds is 10. The highest BCUT2D eigenvalue weighted by Gasteiger charge is 2.18. The fourth-order valence-electron chi connectivity index (χ4n) is 1.56. The first-order valence-electron chi connectivity index (χ1n) is 6.55. The molecule has 0 aliphatic carbocycles. The van der Waals surface area contributed by atoms with Gasteiger partial charge in [-0.2, -0.15) is 0 Å². The van der Waals surface area contributed by atoms with Crippen molar-refractivity contribution >= 4 is 27.6 Å². The Bertz CT molecular complexity index is 538. The van der Waals surface area contributed by atoms with E-state index in [1.165, 1.54) is 12.1 Å². The van der Waals surface area contributed by atoms with E-state index in [0.717, 1.165) is 0 Å². The Morgan fingerprint density at radius 2 is 2.00 bits per heavy atom. The Hall–Kier alpha value is -1.87. The highest BCUT2D eigenvalue weighted by Crippen LogP contribution is 2.37. The van der Waals surface area contributed by atoms with Crippen LogP contribution in [0, 0.1) is 10.1 Å². The number of benzene rings is 1. The van der Waals surface area contributed by atoms with Crippen molar-refractivity contribution in [2.75, 3.05) is 26.8 Å². The lowest BCUT2D eigenvalue weighted by Crippen LogP contribution is -2.16. The van der Waals surface area contributed by atoms with Gasteiger partial charge in [-0.15, -0.1) is 0 Å². The second kappa shape index (κ2) is 9.21. The third kappa shape index (κ3) is 5.86. The van der Waals surface area contributed by atoms with Gasteiger partial charge in [0.05, 0.1) is 22.1 Å². The van der Waals surface area contributed by atoms with Crippen LogP contribution < -0.4 is 14.8 Å². The molecule has 0 fully saturated rings. The number of hydrogen-bond donors (Lipinski definition) is 2. The molecule has 0 bridgehead atoms. The van der Waals surface area contributed by atoms with Crippen LogP contribution in [-0.4, -0.2) is 42.8 Å². The number of carbonyl (C=O) groups is 1. The highest BCUT2D eigenvalue weighted by atomic mass is 79.9. The van der Waals surface area contributed by atoms with Crippen LogP contribution in [0.15, 0.2) is 16.6 Å². The number of aliphatic carboxylic acids is 1. The van der Waals surface area contributed by atoms with Crippen LogP contribution in [0.4, 0.5) is 5.69 Å². The predicted molar refractivity (Wildman–Crippen MR) is 82.6 cm³/mol. The minimum atomic E-state index is -0.920. The lowest BCUT2D eigenvalue weighted by molar-refractivity contribution is -0.385. The average Bonchev–Trinajstić information content (AvgIpc) is 2.44. The summed E-state index contributed by atoms with van der Waals surface area (Å²) in [6.45, 7) is 1.10. The van der Waals surface area contributed by atoms with Crippen molar-refractivity contribution in [3.8, 4) is 11.5 Å². The molecule has 0 heterocycles. The molecule has 22 heavy (non-hydrogen) atoms. The maximum Gasteiger partial charge on any atom is 0.303 e. The zero-order valence-electron chi connectivity index (χ0n) is 12.0. The molecule has 0 unspecified atom stereocenters. The molecule has 0 spiro atoms. The van der Waals surface area contributed by atoms with Gasteiger partial charge in [0.1, 0.15) is 6.61 Å². The molecule has 0 aromatic heterocycles. The van der Waals surface area contributed by atoms with Crippen molar-refractivity contribution in [3.05, 3.63) is 26.7 Å². The Morgan fingerprint density at radius 3 is 2.59 bits per heavy atom. The van der Waals surface area contributed by atoms with Crippen LogP contribution in [0.1, 0.15) is 12.8 Å². The van der Waals surface area contributed by atoms with Crippen LogP contribution in [-0.2, 0) is 4.79 Å². The largest absolute Gasteiger partial charge is 0.489 e. The number of ether oxygens (including phenoxy) is 2. The number of halogens is 1. The standard InChI is InChI=1S/C13H17BrN2O6/c1-15-4-6-22-11-7-9(14)10(16(19)20)8-12(11)21-5-2-3-13(17)18/h7-8,15H,2-6H2,1H3,(H,17,18). The van der Waals surface area contributed by atoms with E-state index in [4.69, 9.17) is 14.6 Å². The number of nitro groups is 1. The number of carboxylic acid groups (broad SMARTS) is 1. The summed E-state index contributed by atoms with van der Waals surface area (Å²) in [6.07, 6.45) is 0.268. The molecular formula is C13H17BrN2O6. The third-order valence-electron chi connectivity index (χ3n) is 2.61. The first-order chi connectivity index (χ1) is 10.5. The van der Waals surface area contributed by atoms with E-state index < -0.39 is 10.9 Å². The van der Waals surface area contributed by atoms with E-state index in [2.05, 4.69) is 21.2 Å². The van der Waals surface area contributed by atoms with Gasteiger partial charge in [0.25, 0.3) is 5.69 Å². The Balaban J connectivity index is 2.85. The first-order valence-corrected chi connectivity index (χ1v) is 7.35. The molecule has 0 aliphatic heterocycles. The van der Waals surface area contributed by atoms with Crippen molar-refractivity contribution in [1.82, 2.24) is 5.32 Å². The quantitative estimate of drug-likeness (QED) is 0.365. The first kappa shape index (κ1) is 18.2. The number of hydrogen-bond acceptors (Lipinski definition) is 6.